The lowest BCUT2D eigenvalue weighted by molar-refractivity contribution is -0.119. The van der Waals surface area contributed by atoms with Crippen LogP contribution in [-0.2, 0) is 4.79 Å². The Hall–Kier alpha value is -2.75. The first-order valence-electron chi connectivity index (χ1n) is 5.26. The topological polar surface area (TPSA) is 138 Å². The number of aromatic amines is 1. The fourth-order valence-corrected chi connectivity index (χ4v) is 1.27. The maximum absolute atomic E-state index is 11.8. The highest BCUT2D eigenvalue weighted by molar-refractivity contribution is 5.97. The third kappa shape index (κ3) is 3.13. The predicted octanol–water partition coefficient (Wildman–Crippen LogP) is -2.14. The first-order chi connectivity index (χ1) is 9.20. The van der Waals surface area contributed by atoms with Crippen molar-refractivity contribution in [3.05, 3.63) is 30.9 Å². The molecule has 0 aliphatic carbocycles. The van der Waals surface area contributed by atoms with E-state index in [4.69, 9.17) is 5.11 Å². The summed E-state index contributed by atoms with van der Waals surface area (Å²) in [4.78, 5) is 29.7. The normalized spacial score (nSPS) is 11.8. The Kier molecular flexibility index (Phi) is 3.83. The van der Waals surface area contributed by atoms with Gasteiger partial charge in [0.2, 0.25) is 0 Å². The highest BCUT2D eigenvalue weighted by atomic mass is 16.3. The van der Waals surface area contributed by atoms with Crippen LogP contribution in [0.3, 0.4) is 0 Å². The molecule has 0 aliphatic heterocycles. The summed E-state index contributed by atoms with van der Waals surface area (Å²) in [5.74, 6) is -1.15. The third-order valence-corrected chi connectivity index (χ3v) is 2.21. The maximum atomic E-state index is 11.8. The van der Waals surface area contributed by atoms with Gasteiger partial charge in [-0.1, -0.05) is 0 Å². The lowest BCUT2D eigenvalue weighted by atomic mass is 10.3. The summed E-state index contributed by atoms with van der Waals surface area (Å²) in [5, 5.41) is 18.5. The van der Waals surface area contributed by atoms with Gasteiger partial charge >= 0.3 is 0 Å². The summed E-state index contributed by atoms with van der Waals surface area (Å²) in [6.45, 7) is -0.548. The SMILES string of the molecule is O=C(NC(CO)C(=O)Nn1cnnc1)c1cnc[nH]1. The molecule has 0 saturated carbocycles. The molecule has 10 nitrogen and oxygen atoms in total. The number of aliphatic hydroxyl groups is 1. The number of amides is 2. The summed E-state index contributed by atoms with van der Waals surface area (Å²) in [6.07, 6.45) is 5.17. The van der Waals surface area contributed by atoms with Crippen molar-refractivity contribution in [3.8, 4) is 0 Å². The molecule has 2 heterocycles. The second-order valence-electron chi connectivity index (χ2n) is 3.52. The molecule has 1 atom stereocenters. The number of H-pyrrole nitrogens is 1. The number of carbonyl (C=O) groups excluding carboxylic acids is 2. The number of carbonyl (C=O) groups is 2. The zero-order valence-electron chi connectivity index (χ0n) is 9.65. The van der Waals surface area contributed by atoms with Crippen LogP contribution in [0.1, 0.15) is 10.5 Å². The molecule has 0 aromatic carbocycles. The maximum Gasteiger partial charge on any atom is 0.270 e. The van der Waals surface area contributed by atoms with E-state index >= 15 is 0 Å². The molecule has 0 fully saturated rings. The van der Waals surface area contributed by atoms with Crippen molar-refractivity contribution in [2.75, 3.05) is 12.0 Å². The molecule has 100 valence electrons. The van der Waals surface area contributed by atoms with E-state index in [0.717, 1.165) is 0 Å². The minimum absolute atomic E-state index is 0.190. The average Bonchev–Trinajstić information content (AvgIpc) is 3.07. The van der Waals surface area contributed by atoms with Gasteiger partial charge in [-0.2, -0.15) is 0 Å². The largest absolute Gasteiger partial charge is 0.394 e. The zero-order chi connectivity index (χ0) is 13.7. The van der Waals surface area contributed by atoms with Gasteiger partial charge in [-0.05, 0) is 0 Å². The Balaban J connectivity index is 1.96. The molecule has 0 bridgehead atoms. The predicted molar refractivity (Wildman–Crippen MR) is 61.3 cm³/mol. The van der Waals surface area contributed by atoms with Crippen molar-refractivity contribution in [2.45, 2.75) is 6.04 Å². The first kappa shape index (κ1) is 12.7. The quantitative estimate of drug-likeness (QED) is 0.487. The van der Waals surface area contributed by atoms with Crippen LogP contribution < -0.4 is 10.7 Å². The minimum atomic E-state index is -1.10. The molecular weight excluding hydrogens is 254 g/mol. The van der Waals surface area contributed by atoms with E-state index in [1.54, 1.807) is 0 Å². The number of hydrogen-bond acceptors (Lipinski definition) is 6. The zero-order valence-corrected chi connectivity index (χ0v) is 9.65. The number of hydrogen-bond donors (Lipinski definition) is 4. The van der Waals surface area contributed by atoms with Crippen LogP contribution in [0.15, 0.2) is 25.2 Å². The fourth-order valence-electron chi connectivity index (χ4n) is 1.27. The standard InChI is InChI=1S/C9H11N7O3/c17-2-7(9(19)15-16-4-12-13-5-16)14-8(18)6-1-10-3-11-6/h1,3-5,7,17H,2H2,(H,10,11)(H,14,18)(H,15,19). The lowest BCUT2D eigenvalue weighted by Crippen LogP contribution is -2.47. The van der Waals surface area contributed by atoms with Crippen LogP contribution >= 0.6 is 0 Å². The van der Waals surface area contributed by atoms with Crippen molar-refractivity contribution in [1.29, 1.82) is 0 Å². The van der Waals surface area contributed by atoms with Crippen molar-refractivity contribution >= 4 is 11.8 Å². The Morgan fingerprint density at radius 2 is 2.16 bits per heavy atom. The van der Waals surface area contributed by atoms with Gasteiger partial charge in [0.1, 0.15) is 24.4 Å². The Morgan fingerprint density at radius 3 is 2.74 bits per heavy atom. The van der Waals surface area contributed by atoms with Gasteiger partial charge in [-0.25, -0.2) is 9.66 Å². The van der Waals surface area contributed by atoms with Crippen LogP contribution in [0.4, 0.5) is 0 Å². The molecule has 1 unspecified atom stereocenters. The minimum Gasteiger partial charge on any atom is -0.394 e. The Labute approximate surface area is 106 Å². The monoisotopic (exact) mass is 265 g/mol. The van der Waals surface area contributed by atoms with Crippen LogP contribution in [-0.4, -0.2) is 54.4 Å². The van der Waals surface area contributed by atoms with Gasteiger partial charge in [0.25, 0.3) is 11.8 Å². The molecule has 2 aromatic heterocycles. The van der Waals surface area contributed by atoms with Crippen LogP contribution in [0.5, 0.6) is 0 Å². The second kappa shape index (κ2) is 5.73. The van der Waals surface area contributed by atoms with Crippen LogP contribution in [0.25, 0.3) is 0 Å². The molecule has 0 aliphatic rings. The van der Waals surface area contributed by atoms with Crippen molar-refractivity contribution < 1.29 is 14.7 Å². The van der Waals surface area contributed by atoms with E-state index in [1.807, 2.05) is 0 Å². The van der Waals surface area contributed by atoms with Gasteiger partial charge in [0, 0.05) is 0 Å². The van der Waals surface area contributed by atoms with Crippen molar-refractivity contribution in [2.24, 2.45) is 0 Å². The van der Waals surface area contributed by atoms with E-state index in [9.17, 15) is 9.59 Å². The molecule has 4 N–H and O–H groups in total. The van der Waals surface area contributed by atoms with Crippen LogP contribution in [0.2, 0.25) is 0 Å². The summed E-state index contributed by atoms with van der Waals surface area (Å²) in [7, 11) is 0. The lowest BCUT2D eigenvalue weighted by Gasteiger charge is -2.15. The summed E-state index contributed by atoms with van der Waals surface area (Å²) in [6, 6.07) is -1.10. The van der Waals surface area contributed by atoms with E-state index < -0.39 is 24.5 Å². The van der Waals surface area contributed by atoms with Crippen molar-refractivity contribution in [1.82, 2.24) is 30.2 Å². The van der Waals surface area contributed by atoms with Gasteiger partial charge in [0.15, 0.2) is 0 Å². The van der Waals surface area contributed by atoms with Gasteiger partial charge in [-0.15, -0.1) is 10.2 Å². The molecule has 10 heteroatoms. The molecule has 2 rings (SSSR count). The molecule has 0 radical (unpaired) electrons. The molecule has 2 aromatic rings. The number of aromatic nitrogens is 5. The molecule has 0 spiro atoms. The molecule has 19 heavy (non-hydrogen) atoms. The summed E-state index contributed by atoms with van der Waals surface area (Å²) in [5.41, 5.74) is 2.57. The van der Waals surface area contributed by atoms with E-state index in [2.05, 4.69) is 30.9 Å². The number of rotatable bonds is 5. The van der Waals surface area contributed by atoms with Gasteiger partial charge in [-0.3, -0.25) is 15.0 Å². The molecule has 2 amide bonds. The van der Waals surface area contributed by atoms with Gasteiger partial charge in [0.05, 0.1) is 19.1 Å². The van der Waals surface area contributed by atoms with E-state index in [1.165, 1.54) is 29.9 Å². The van der Waals surface area contributed by atoms with E-state index in [-0.39, 0.29) is 5.69 Å². The Bertz CT molecular complexity index is 536. The smallest absolute Gasteiger partial charge is 0.270 e. The highest BCUT2D eigenvalue weighted by Gasteiger charge is 2.21. The molecule has 0 saturated heterocycles. The summed E-state index contributed by atoms with van der Waals surface area (Å²) < 4.78 is 1.20. The first-order valence-corrected chi connectivity index (χ1v) is 5.26. The van der Waals surface area contributed by atoms with Crippen LogP contribution in [0, 0.1) is 0 Å². The third-order valence-electron chi connectivity index (χ3n) is 2.21. The number of imidazole rings is 1. The second-order valence-corrected chi connectivity index (χ2v) is 3.52. The number of nitrogens with one attached hydrogen (secondary N) is 3. The highest BCUT2D eigenvalue weighted by Crippen LogP contribution is 1.93. The molecular formula is C9H11N7O3. The van der Waals surface area contributed by atoms with Crippen molar-refractivity contribution in [3.63, 3.8) is 0 Å². The Morgan fingerprint density at radius 1 is 1.42 bits per heavy atom. The number of nitrogens with zero attached hydrogens (tertiary/aromatic N) is 4. The number of aliphatic hydroxyl groups excluding tert-OH is 1. The van der Waals surface area contributed by atoms with Gasteiger partial charge < -0.3 is 15.4 Å². The van der Waals surface area contributed by atoms with E-state index in [0.29, 0.717) is 0 Å². The average molecular weight is 265 g/mol. The summed E-state index contributed by atoms with van der Waals surface area (Å²) >= 11 is 0. The fraction of sp³-hybridized carbons (Fsp3) is 0.222.